The third-order valence-corrected chi connectivity index (χ3v) is 2.83. The molecule has 0 aromatic carbocycles. The van der Waals surface area contributed by atoms with E-state index in [0.717, 1.165) is 11.1 Å². The Morgan fingerprint density at radius 2 is 1.00 bits per heavy atom. The average Bonchev–Trinajstić information content (AvgIpc) is 2.41. The number of allylic oxidation sites excluding steroid dienone is 6. The Morgan fingerprint density at radius 3 is 1.28 bits per heavy atom. The minimum Gasteiger partial charge on any atom is -0.395 e. The Balaban J connectivity index is 2.03. The first kappa shape index (κ1) is 12.7. The van der Waals surface area contributed by atoms with E-state index in [1.165, 1.54) is 0 Å². The lowest BCUT2D eigenvalue weighted by atomic mass is 10.0. The van der Waals surface area contributed by atoms with E-state index in [1.54, 1.807) is 0 Å². The maximum absolute atomic E-state index is 8.84. The van der Waals surface area contributed by atoms with E-state index in [0.29, 0.717) is 13.1 Å². The number of hydrogen-bond acceptors (Lipinski definition) is 4. The molecule has 0 spiro atoms. The van der Waals surface area contributed by atoms with Gasteiger partial charge in [0.25, 0.3) is 0 Å². The van der Waals surface area contributed by atoms with Crippen molar-refractivity contribution in [3.8, 4) is 0 Å². The van der Waals surface area contributed by atoms with Gasteiger partial charge < -0.3 is 20.0 Å². The second kappa shape index (κ2) is 6.23. The van der Waals surface area contributed by atoms with Crippen LogP contribution >= 0.6 is 0 Å². The molecule has 18 heavy (non-hydrogen) atoms. The van der Waals surface area contributed by atoms with Crippen LogP contribution in [0.3, 0.4) is 0 Å². The molecule has 2 heterocycles. The first-order valence-electron chi connectivity index (χ1n) is 6.04. The van der Waals surface area contributed by atoms with Crippen molar-refractivity contribution in [2.24, 2.45) is 0 Å². The van der Waals surface area contributed by atoms with E-state index in [9.17, 15) is 0 Å². The zero-order valence-electron chi connectivity index (χ0n) is 10.2. The normalized spacial score (nSPS) is 18.1. The quantitative estimate of drug-likeness (QED) is 0.775. The Kier molecular flexibility index (Phi) is 4.39. The molecule has 0 fully saturated rings. The van der Waals surface area contributed by atoms with Gasteiger partial charge in [0.05, 0.1) is 13.2 Å². The summed E-state index contributed by atoms with van der Waals surface area (Å²) in [6, 6.07) is 0. The van der Waals surface area contributed by atoms with Crippen LogP contribution in [-0.2, 0) is 0 Å². The topological polar surface area (TPSA) is 46.9 Å². The third-order valence-electron chi connectivity index (χ3n) is 2.83. The van der Waals surface area contributed by atoms with Crippen LogP contribution in [0.4, 0.5) is 0 Å². The van der Waals surface area contributed by atoms with E-state index >= 15 is 0 Å². The standard InChI is InChI=1S/C14H18N2O2/c17-11-9-15-5-1-13(2-6-15)14-3-7-16(8-4-14)10-12-18/h1-8,17-18H,9-12H2. The molecule has 2 aliphatic rings. The third kappa shape index (κ3) is 3.12. The predicted octanol–water partition coefficient (Wildman–Crippen LogP) is 0.954. The van der Waals surface area contributed by atoms with Crippen LogP contribution in [-0.4, -0.2) is 46.3 Å². The van der Waals surface area contributed by atoms with Crippen molar-refractivity contribution in [2.45, 2.75) is 0 Å². The smallest absolute Gasteiger partial charge is 0.0610 e. The zero-order chi connectivity index (χ0) is 12.8. The minimum atomic E-state index is 0.149. The van der Waals surface area contributed by atoms with Crippen molar-refractivity contribution in [1.29, 1.82) is 0 Å². The Morgan fingerprint density at radius 1 is 0.667 bits per heavy atom. The molecule has 2 aliphatic heterocycles. The van der Waals surface area contributed by atoms with Crippen LogP contribution in [0.5, 0.6) is 0 Å². The van der Waals surface area contributed by atoms with Crippen molar-refractivity contribution < 1.29 is 10.2 Å². The highest BCUT2D eigenvalue weighted by molar-refractivity contribution is 5.48. The van der Waals surface area contributed by atoms with Crippen LogP contribution < -0.4 is 0 Å². The van der Waals surface area contributed by atoms with Crippen molar-refractivity contribution in [3.05, 3.63) is 60.3 Å². The number of β-amino-alcohol motifs (C(OH)–C–C–N with tert-alkyl or cyclic N) is 2. The molecule has 4 heteroatoms. The lowest BCUT2D eigenvalue weighted by molar-refractivity contribution is 0.262. The van der Waals surface area contributed by atoms with Gasteiger partial charge in [0, 0.05) is 37.9 Å². The monoisotopic (exact) mass is 246 g/mol. The molecular weight excluding hydrogens is 228 g/mol. The lowest BCUT2D eigenvalue weighted by Gasteiger charge is -2.20. The molecule has 0 aliphatic carbocycles. The second-order valence-corrected chi connectivity index (χ2v) is 4.10. The van der Waals surface area contributed by atoms with Crippen molar-refractivity contribution in [2.75, 3.05) is 26.3 Å². The van der Waals surface area contributed by atoms with Gasteiger partial charge in [-0.1, -0.05) is 0 Å². The van der Waals surface area contributed by atoms with Gasteiger partial charge in [0.1, 0.15) is 0 Å². The molecule has 0 aromatic rings. The van der Waals surface area contributed by atoms with Gasteiger partial charge in [0.15, 0.2) is 0 Å². The summed E-state index contributed by atoms with van der Waals surface area (Å²) in [6.07, 6.45) is 16.0. The van der Waals surface area contributed by atoms with Crippen molar-refractivity contribution in [1.82, 2.24) is 9.80 Å². The van der Waals surface area contributed by atoms with Crippen LogP contribution in [0.25, 0.3) is 0 Å². The number of aliphatic hydroxyl groups is 2. The van der Waals surface area contributed by atoms with Gasteiger partial charge in [-0.05, 0) is 35.5 Å². The Labute approximate surface area is 107 Å². The fraction of sp³-hybridized carbons (Fsp3) is 0.286. The summed E-state index contributed by atoms with van der Waals surface area (Å²) >= 11 is 0. The van der Waals surface area contributed by atoms with E-state index in [4.69, 9.17) is 10.2 Å². The lowest BCUT2D eigenvalue weighted by Crippen LogP contribution is -2.17. The molecule has 2 rings (SSSR count). The SMILES string of the molecule is OCCN1C=CC(=C2C=CN(CCO)C=C2)C=C1. The largest absolute Gasteiger partial charge is 0.395 e. The first-order valence-corrected chi connectivity index (χ1v) is 6.04. The van der Waals surface area contributed by atoms with Crippen LogP contribution in [0.1, 0.15) is 0 Å². The molecule has 0 saturated carbocycles. The Bertz CT molecular complexity index is 361. The number of rotatable bonds is 4. The highest BCUT2D eigenvalue weighted by Crippen LogP contribution is 2.19. The van der Waals surface area contributed by atoms with E-state index in [2.05, 4.69) is 0 Å². The maximum atomic E-state index is 8.84. The minimum absolute atomic E-state index is 0.149. The maximum Gasteiger partial charge on any atom is 0.0610 e. The van der Waals surface area contributed by atoms with E-state index < -0.39 is 0 Å². The molecule has 96 valence electrons. The summed E-state index contributed by atoms with van der Waals surface area (Å²) in [5.41, 5.74) is 2.28. The molecule has 0 radical (unpaired) electrons. The number of hydrogen-bond donors (Lipinski definition) is 2. The summed E-state index contributed by atoms with van der Waals surface area (Å²) in [7, 11) is 0. The van der Waals surface area contributed by atoms with Gasteiger partial charge in [0.2, 0.25) is 0 Å². The molecule has 0 bridgehead atoms. The zero-order valence-corrected chi connectivity index (χ0v) is 10.2. The number of nitrogens with zero attached hydrogens (tertiary/aromatic N) is 2. The van der Waals surface area contributed by atoms with Crippen LogP contribution in [0, 0.1) is 0 Å². The van der Waals surface area contributed by atoms with Gasteiger partial charge in [-0.25, -0.2) is 0 Å². The van der Waals surface area contributed by atoms with Crippen LogP contribution in [0.2, 0.25) is 0 Å². The van der Waals surface area contributed by atoms with Crippen molar-refractivity contribution >= 4 is 0 Å². The van der Waals surface area contributed by atoms with Gasteiger partial charge in [-0.3, -0.25) is 0 Å². The summed E-state index contributed by atoms with van der Waals surface area (Å²) < 4.78 is 0. The summed E-state index contributed by atoms with van der Waals surface area (Å²) in [6.45, 7) is 1.53. The van der Waals surface area contributed by atoms with E-state index in [-0.39, 0.29) is 13.2 Å². The average molecular weight is 246 g/mol. The van der Waals surface area contributed by atoms with Crippen LogP contribution in [0.15, 0.2) is 60.3 Å². The summed E-state index contributed by atoms with van der Waals surface area (Å²) in [5, 5.41) is 17.7. The van der Waals surface area contributed by atoms with Crippen molar-refractivity contribution in [3.63, 3.8) is 0 Å². The number of aliphatic hydroxyl groups excluding tert-OH is 2. The Hall–Kier alpha value is -1.78. The molecule has 2 N–H and O–H groups in total. The predicted molar refractivity (Wildman–Crippen MR) is 71.2 cm³/mol. The van der Waals surface area contributed by atoms with Gasteiger partial charge >= 0.3 is 0 Å². The highest BCUT2D eigenvalue weighted by atomic mass is 16.3. The fourth-order valence-electron chi connectivity index (χ4n) is 1.83. The van der Waals surface area contributed by atoms with E-state index in [1.807, 2.05) is 58.9 Å². The second-order valence-electron chi connectivity index (χ2n) is 4.10. The molecule has 0 amide bonds. The first-order chi connectivity index (χ1) is 8.83. The molecule has 0 aromatic heterocycles. The van der Waals surface area contributed by atoms with Gasteiger partial charge in [-0.15, -0.1) is 0 Å². The fourth-order valence-corrected chi connectivity index (χ4v) is 1.83. The summed E-state index contributed by atoms with van der Waals surface area (Å²) in [5.74, 6) is 0. The molecule has 4 nitrogen and oxygen atoms in total. The molecule has 0 unspecified atom stereocenters. The molecular formula is C14H18N2O2. The highest BCUT2D eigenvalue weighted by Gasteiger charge is 2.05. The molecule has 0 atom stereocenters. The molecule has 0 saturated heterocycles. The summed E-state index contributed by atoms with van der Waals surface area (Å²) in [4.78, 5) is 3.89. The van der Waals surface area contributed by atoms with Gasteiger partial charge in [-0.2, -0.15) is 0 Å².